The molecule has 0 unspecified atom stereocenters. The summed E-state index contributed by atoms with van der Waals surface area (Å²) in [6.07, 6.45) is 5.38. The smallest absolute Gasteiger partial charge is 0.358 e. The topological polar surface area (TPSA) is 79.7 Å². The summed E-state index contributed by atoms with van der Waals surface area (Å²) >= 11 is 0. The van der Waals surface area contributed by atoms with E-state index in [4.69, 9.17) is 9.84 Å². The molecule has 104 valence electrons. The van der Waals surface area contributed by atoms with Crippen molar-refractivity contribution >= 4 is 5.97 Å². The number of hydrogen-bond acceptors (Lipinski definition) is 4. The minimum atomic E-state index is -1.11. The predicted molar refractivity (Wildman–Crippen MR) is 69.5 cm³/mol. The number of carboxylic acids is 1. The molecule has 1 fully saturated rings. The Balaban J connectivity index is 2.58. The van der Waals surface area contributed by atoms with Gasteiger partial charge in [0.2, 0.25) is 0 Å². The van der Waals surface area contributed by atoms with E-state index in [1.165, 1.54) is 13.3 Å². The van der Waals surface area contributed by atoms with Crippen molar-refractivity contribution in [3.8, 4) is 5.75 Å². The number of carboxylic acid groups (broad SMARTS) is 1. The summed E-state index contributed by atoms with van der Waals surface area (Å²) in [7, 11) is 1.44. The minimum Gasteiger partial charge on any atom is -0.494 e. The molecule has 0 saturated heterocycles. The highest BCUT2D eigenvalue weighted by Gasteiger charge is 2.39. The van der Waals surface area contributed by atoms with Crippen LogP contribution in [0.4, 0.5) is 0 Å². The number of carbonyl (C=O) groups is 1. The Labute approximate surface area is 112 Å². The molecule has 0 aliphatic heterocycles. The summed E-state index contributed by atoms with van der Waals surface area (Å²) in [5, 5.41) is 19.6. The van der Waals surface area contributed by atoms with Crippen molar-refractivity contribution in [1.29, 1.82) is 0 Å². The zero-order valence-electron chi connectivity index (χ0n) is 11.3. The summed E-state index contributed by atoms with van der Waals surface area (Å²) in [4.78, 5) is 15.1. The van der Waals surface area contributed by atoms with E-state index in [0.717, 1.165) is 24.0 Å². The van der Waals surface area contributed by atoms with Gasteiger partial charge < -0.3 is 14.9 Å². The Kier molecular flexibility index (Phi) is 3.75. The molecule has 1 saturated carbocycles. The maximum Gasteiger partial charge on any atom is 0.358 e. The summed E-state index contributed by atoms with van der Waals surface area (Å²) in [6.45, 7) is 2.01. The first-order valence-corrected chi connectivity index (χ1v) is 6.55. The molecular weight excluding hydrogens is 246 g/mol. The lowest BCUT2D eigenvalue weighted by Gasteiger charge is -2.38. The molecule has 0 amide bonds. The molecule has 0 bridgehead atoms. The first kappa shape index (κ1) is 13.8. The fourth-order valence-corrected chi connectivity index (χ4v) is 2.58. The molecule has 2 rings (SSSR count). The molecule has 5 nitrogen and oxygen atoms in total. The van der Waals surface area contributed by atoms with Crippen LogP contribution in [0.5, 0.6) is 5.75 Å². The number of pyridine rings is 1. The summed E-state index contributed by atoms with van der Waals surface area (Å²) in [5.41, 5.74) is 0.557. The standard InChI is InChI=1S/C14H19NO4/c1-3-5-9-10(14(18)6-4-7-14)8-15-11(13(16)17)12(9)19-2/h8,18H,3-7H2,1-2H3,(H,16,17). The highest BCUT2D eigenvalue weighted by molar-refractivity contribution is 5.89. The number of nitrogens with zero attached hydrogens (tertiary/aromatic N) is 1. The second-order valence-electron chi connectivity index (χ2n) is 4.97. The summed E-state index contributed by atoms with van der Waals surface area (Å²) in [6, 6.07) is 0. The number of ether oxygens (including phenoxy) is 1. The fourth-order valence-electron chi connectivity index (χ4n) is 2.58. The van der Waals surface area contributed by atoms with Crippen LogP contribution in [0, 0.1) is 0 Å². The van der Waals surface area contributed by atoms with E-state index in [9.17, 15) is 9.90 Å². The number of hydrogen-bond donors (Lipinski definition) is 2. The Hall–Kier alpha value is -1.62. The van der Waals surface area contributed by atoms with E-state index in [0.29, 0.717) is 19.3 Å². The maximum atomic E-state index is 11.2. The van der Waals surface area contributed by atoms with Crippen LogP contribution < -0.4 is 4.74 Å². The van der Waals surface area contributed by atoms with E-state index in [1.54, 1.807) is 0 Å². The number of aromatic carboxylic acids is 1. The Morgan fingerprint density at radius 2 is 2.21 bits per heavy atom. The summed E-state index contributed by atoms with van der Waals surface area (Å²) < 4.78 is 5.24. The zero-order valence-corrected chi connectivity index (χ0v) is 11.3. The average molecular weight is 265 g/mol. The van der Waals surface area contributed by atoms with Crippen LogP contribution in [-0.4, -0.2) is 28.3 Å². The van der Waals surface area contributed by atoms with Gasteiger partial charge in [0.15, 0.2) is 11.4 Å². The second-order valence-corrected chi connectivity index (χ2v) is 4.97. The molecule has 0 radical (unpaired) electrons. The number of rotatable bonds is 5. The highest BCUT2D eigenvalue weighted by atomic mass is 16.5. The Bertz CT molecular complexity index is 494. The third-order valence-corrected chi connectivity index (χ3v) is 3.73. The van der Waals surface area contributed by atoms with Crippen LogP contribution in [0.25, 0.3) is 0 Å². The molecule has 1 heterocycles. The molecule has 1 aromatic rings. The monoisotopic (exact) mass is 265 g/mol. The van der Waals surface area contributed by atoms with Gasteiger partial charge in [0, 0.05) is 17.3 Å². The van der Waals surface area contributed by atoms with Crippen molar-refractivity contribution < 1.29 is 19.7 Å². The van der Waals surface area contributed by atoms with E-state index < -0.39 is 11.6 Å². The van der Waals surface area contributed by atoms with Gasteiger partial charge in [0.25, 0.3) is 0 Å². The quantitative estimate of drug-likeness (QED) is 0.852. The number of methoxy groups -OCH3 is 1. The van der Waals surface area contributed by atoms with Gasteiger partial charge in [-0.1, -0.05) is 13.3 Å². The van der Waals surface area contributed by atoms with Crippen molar-refractivity contribution in [1.82, 2.24) is 4.98 Å². The van der Waals surface area contributed by atoms with Gasteiger partial charge in [-0.25, -0.2) is 9.78 Å². The molecule has 5 heteroatoms. The largest absolute Gasteiger partial charge is 0.494 e. The number of aromatic nitrogens is 1. The van der Waals surface area contributed by atoms with Crippen molar-refractivity contribution in [2.24, 2.45) is 0 Å². The maximum absolute atomic E-state index is 11.2. The van der Waals surface area contributed by atoms with E-state index >= 15 is 0 Å². The van der Waals surface area contributed by atoms with Gasteiger partial charge in [-0.3, -0.25) is 0 Å². The van der Waals surface area contributed by atoms with Crippen molar-refractivity contribution in [3.05, 3.63) is 23.0 Å². The average Bonchev–Trinajstić information content (AvgIpc) is 2.35. The first-order chi connectivity index (χ1) is 9.03. The first-order valence-electron chi connectivity index (χ1n) is 6.55. The van der Waals surface area contributed by atoms with Gasteiger partial charge in [0.05, 0.1) is 12.7 Å². The molecule has 0 aromatic carbocycles. The molecular formula is C14H19NO4. The van der Waals surface area contributed by atoms with Gasteiger partial charge >= 0.3 is 5.97 Å². The lowest BCUT2D eigenvalue weighted by molar-refractivity contribution is -0.0400. The third-order valence-electron chi connectivity index (χ3n) is 3.73. The minimum absolute atomic E-state index is 0.0855. The molecule has 1 aliphatic carbocycles. The van der Waals surface area contributed by atoms with Crippen LogP contribution in [0.15, 0.2) is 6.20 Å². The van der Waals surface area contributed by atoms with E-state index in [-0.39, 0.29) is 11.4 Å². The molecule has 0 atom stereocenters. The van der Waals surface area contributed by atoms with Crippen LogP contribution in [-0.2, 0) is 12.0 Å². The fraction of sp³-hybridized carbons (Fsp3) is 0.571. The van der Waals surface area contributed by atoms with Gasteiger partial charge in [-0.15, -0.1) is 0 Å². The molecule has 1 aromatic heterocycles. The van der Waals surface area contributed by atoms with Gasteiger partial charge in [0.1, 0.15) is 0 Å². The van der Waals surface area contributed by atoms with Crippen LogP contribution in [0.3, 0.4) is 0 Å². The SMILES string of the molecule is CCCc1c(C2(O)CCC2)cnc(C(=O)O)c1OC. The Morgan fingerprint density at radius 3 is 2.63 bits per heavy atom. The van der Waals surface area contributed by atoms with Gasteiger partial charge in [-0.2, -0.15) is 0 Å². The van der Waals surface area contributed by atoms with Gasteiger partial charge in [-0.05, 0) is 25.7 Å². The van der Waals surface area contributed by atoms with Crippen LogP contribution >= 0.6 is 0 Å². The molecule has 2 N–H and O–H groups in total. The zero-order chi connectivity index (χ0) is 14.0. The van der Waals surface area contributed by atoms with E-state index in [1.807, 2.05) is 6.92 Å². The molecule has 0 spiro atoms. The molecule has 1 aliphatic rings. The van der Waals surface area contributed by atoms with Crippen molar-refractivity contribution in [2.45, 2.75) is 44.6 Å². The van der Waals surface area contributed by atoms with E-state index in [2.05, 4.69) is 4.98 Å². The lowest BCUT2D eigenvalue weighted by Crippen LogP contribution is -2.35. The molecule has 19 heavy (non-hydrogen) atoms. The second kappa shape index (κ2) is 5.17. The highest BCUT2D eigenvalue weighted by Crippen LogP contribution is 2.44. The Morgan fingerprint density at radius 1 is 1.53 bits per heavy atom. The number of aliphatic hydroxyl groups is 1. The predicted octanol–water partition coefficient (Wildman–Crippen LogP) is 2.11. The van der Waals surface area contributed by atoms with Crippen molar-refractivity contribution in [2.75, 3.05) is 7.11 Å². The lowest BCUT2D eigenvalue weighted by atomic mass is 9.73. The third kappa shape index (κ3) is 2.30. The summed E-state index contributed by atoms with van der Waals surface area (Å²) in [5.74, 6) is -0.825. The van der Waals surface area contributed by atoms with Crippen molar-refractivity contribution in [3.63, 3.8) is 0 Å². The van der Waals surface area contributed by atoms with Crippen LogP contribution in [0.2, 0.25) is 0 Å². The van der Waals surface area contributed by atoms with Crippen LogP contribution in [0.1, 0.15) is 54.2 Å². The normalized spacial score (nSPS) is 16.8.